The van der Waals surface area contributed by atoms with Crippen molar-refractivity contribution in [3.05, 3.63) is 27.3 Å². The molecule has 2 aromatic heterocycles. The molecule has 3 nitrogen and oxygen atoms in total. The Hall–Kier alpha value is -0.320. The summed E-state index contributed by atoms with van der Waals surface area (Å²) >= 11 is 14.9. The highest BCUT2D eigenvalue weighted by Gasteiger charge is 2.07. The van der Waals surface area contributed by atoms with Crippen molar-refractivity contribution in [2.24, 2.45) is 0 Å². The number of fused-ring (bicyclic) bond motifs is 1. The fourth-order valence-corrected chi connectivity index (χ4v) is 1.75. The van der Waals surface area contributed by atoms with Crippen LogP contribution in [0.3, 0.4) is 0 Å². The Labute approximate surface area is 86.5 Å². The van der Waals surface area contributed by atoms with Crippen molar-refractivity contribution >= 4 is 44.8 Å². The Bertz CT molecular complexity index is 440. The highest BCUT2D eigenvalue weighted by Crippen LogP contribution is 2.22. The van der Waals surface area contributed by atoms with Crippen LogP contribution in [0.5, 0.6) is 0 Å². The Morgan fingerprint density at radius 3 is 2.67 bits per heavy atom. The molecule has 12 heavy (non-hydrogen) atoms. The van der Waals surface area contributed by atoms with E-state index in [0.29, 0.717) is 16.1 Å². The van der Waals surface area contributed by atoms with E-state index in [1.807, 2.05) is 0 Å². The summed E-state index contributed by atoms with van der Waals surface area (Å²) in [5.74, 6) is 0. The maximum absolute atomic E-state index is 5.81. The lowest BCUT2D eigenvalue weighted by molar-refractivity contribution is 1.08. The van der Waals surface area contributed by atoms with E-state index in [-0.39, 0.29) is 0 Å². The third kappa shape index (κ3) is 1.11. The van der Waals surface area contributed by atoms with Gasteiger partial charge in [-0.25, -0.2) is 9.97 Å². The average molecular weight is 267 g/mol. The zero-order valence-corrected chi connectivity index (χ0v) is 8.73. The molecule has 0 aliphatic heterocycles. The Morgan fingerprint density at radius 1 is 1.25 bits per heavy atom. The molecule has 0 aliphatic rings. The largest absolute Gasteiger partial charge is 0.256 e. The Balaban J connectivity index is 2.98. The van der Waals surface area contributed by atoms with E-state index in [4.69, 9.17) is 23.2 Å². The predicted octanol–water partition coefficient (Wildman–Crippen LogP) is 2.80. The zero-order valence-electron chi connectivity index (χ0n) is 5.63. The number of rotatable bonds is 0. The molecule has 2 rings (SSSR count). The molecule has 0 fully saturated rings. The van der Waals surface area contributed by atoms with Crippen LogP contribution in [0.1, 0.15) is 0 Å². The molecular weight excluding hydrogens is 265 g/mol. The van der Waals surface area contributed by atoms with E-state index in [0.717, 1.165) is 4.47 Å². The summed E-state index contributed by atoms with van der Waals surface area (Å²) in [5, 5.41) is 0.750. The monoisotopic (exact) mass is 265 g/mol. The van der Waals surface area contributed by atoms with Gasteiger partial charge in [0.15, 0.2) is 5.65 Å². The lowest BCUT2D eigenvalue weighted by Crippen LogP contribution is -1.90. The number of aromatic nitrogens is 3. The number of hydrogen-bond donors (Lipinski definition) is 0. The predicted molar refractivity (Wildman–Crippen MR) is 50.7 cm³/mol. The third-order valence-corrected chi connectivity index (χ3v) is 2.49. The molecule has 6 heteroatoms. The van der Waals surface area contributed by atoms with E-state index in [1.165, 1.54) is 6.20 Å². The van der Waals surface area contributed by atoms with Gasteiger partial charge in [-0.2, -0.15) is 0 Å². The topological polar surface area (TPSA) is 30.2 Å². The van der Waals surface area contributed by atoms with Crippen LogP contribution in [-0.2, 0) is 0 Å². The zero-order chi connectivity index (χ0) is 8.72. The van der Waals surface area contributed by atoms with Crippen LogP contribution in [0, 0.1) is 0 Å². The molecule has 2 aromatic rings. The molecule has 0 saturated carbocycles. The summed E-state index contributed by atoms with van der Waals surface area (Å²) in [6.07, 6.45) is 3.11. The van der Waals surface area contributed by atoms with Crippen LogP contribution in [0.4, 0.5) is 0 Å². The van der Waals surface area contributed by atoms with Crippen LogP contribution in [0.2, 0.25) is 10.4 Å². The Kier molecular flexibility index (Phi) is 1.98. The van der Waals surface area contributed by atoms with Gasteiger partial charge < -0.3 is 0 Å². The average Bonchev–Trinajstić information content (AvgIpc) is 2.42. The first-order chi connectivity index (χ1) is 5.70. The van der Waals surface area contributed by atoms with Gasteiger partial charge >= 0.3 is 0 Å². The maximum Gasteiger partial charge on any atom is 0.209 e. The fourth-order valence-electron chi connectivity index (χ4n) is 0.900. The SMILES string of the molecule is Clc1cnc2c(Br)cnc(Cl)n12. The minimum atomic E-state index is 0.302. The minimum Gasteiger partial charge on any atom is -0.256 e. The van der Waals surface area contributed by atoms with E-state index in [9.17, 15) is 0 Å². The number of imidazole rings is 1. The second-order valence-electron chi connectivity index (χ2n) is 2.12. The molecule has 0 unspecified atom stereocenters. The summed E-state index contributed by atoms with van der Waals surface area (Å²) in [7, 11) is 0. The van der Waals surface area contributed by atoms with Crippen LogP contribution >= 0.6 is 39.1 Å². The number of nitrogens with zero attached hydrogens (tertiary/aromatic N) is 3. The van der Waals surface area contributed by atoms with Crippen LogP contribution in [-0.4, -0.2) is 14.4 Å². The molecule has 0 aliphatic carbocycles. The van der Waals surface area contributed by atoms with Gasteiger partial charge in [0, 0.05) is 6.20 Å². The highest BCUT2D eigenvalue weighted by molar-refractivity contribution is 9.10. The van der Waals surface area contributed by atoms with Gasteiger partial charge in [-0.15, -0.1) is 0 Å². The third-order valence-electron chi connectivity index (χ3n) is 1.40. The molecule has 0 spiro atoms. The summed E-state index contributed by atoms with van der Waals surface area (Å²) in [4.78, 5) is 7.94. The Morgan fingerprint density at radius 2 is 2.00 bits per heavy atom. The van der Waals surface area contributed by atoms with Gasteiger partial charge in [-0.1, -0.05) is 11.6 Å². The fraction of sp³-hybridized carbons (Fsp3) is 0. The molecule has 0 atom stereocenters. The van der Waals surface area contributed by atoms with Gasteiger partial charge in [0.05, 0.1) is 10.7 Å². The second-order valence-corrected chi connectivity index (χ2v) is 3.69. The van der Waals surface area contributed by atoms with Gasteiger partial charge in [-0.05, 0) is 27.5 Å². The van der Waals surface area contributed by atoms with Crippen molar-refractivity contribution in [2.75, 3.05) is 0 Å². The van der Waals surface area contributed by atoms with E-state index >= 15 is 0 Å². The van der Waals surface area contributed by atoms with Gasteiger partial charge in [0.25, 0.3) is 0 Å². The quantitative estimate of drug-likeness (QED) is 0.687. The van der Waals surface area contributed by atoms with E-state index < -0.39 is 0 Å². The molecule has 0 aromatic carbocycles. The van der Waals surface area contributed by atoms with Gasteiger partial charge in [0.2, 0.25) is 5.28 Å². The molecule has 0 bridgehead atoms. The van der Waals surface area contributed by atoms with Crippen molar-refractivity contribution in [2.45, 2.75) is 0 Å². The van der Waals surface area contributed by atoms with Crippen LogP contribution in [0.15, 0.2) is 16.9 Å². The first-order valence-electron chi connectivity index (χ1n) is 3.03. The van der Waals surface area contributed by atoms with Crippen molar-refractivity contribution < 1.29 is 0 Å². The van der Waals surface area contributed by atoms with Crippen molar-refractivity contribution in [1.29, 1.82) is 0 Å². The smallest absolute Gasteiger partial charge is 0.209 e. The first-order valence-corrected chi connectivity index (χ1v) is 4.58. The molecule has 2 heterocycles. The lowest BCUT2D eigenvalue weighted by Gasteiger charge is -1.98. The summed E-state index contributed by atoms with van der Waals surface area (Å²) < 4.78 is 2.31. The minimum absolute atomic E-state index is 0.302. The van der Waals surface area contributed by atoms with Crippen LogP contribution in [0.25, 0.3) is 5.65 Å². The van der Waals surface area contributed by atoms with E-state index in [1.54, 1.807) is 10.6 Å². The molecule has 62 valence electrons. The molecule has 0 radical (unpaired) electrons. The second kappa shape index (κ2) is 2.87. The lowest BCUT2D eigenvalue weighted by atomic mass is 10.6. The molecule has 0 amide bonds. The first kappa shape index (κ1) is 8.29. The number of halogens is 3. The summed E-state index contributed by atoms with van der Waals surface area (Å²) in [5.41, 5.74) is 0.667. The maximum atomic E-state index is 5.81. The van der Waals surface area contributed by atoms with Crippen molar-refractivity contribution in [3.63, 3.8) is 0 Å². The number of hydrogen-bond acceptors (Lipinski definition) is 2. The summed E-state index contributed by atoms with van der Waals surface area (Å²) in [6.45, 7) is 0. The molecule has 0 N–H and O–H groups in total. The normalized spacial score (nSPS) is 10.9. The van der Waals surface area contributed by atoms with Crippen LogP contribution < -0.4 is 0 Å². The van der Waals surface area contributed by atoms with E-state index in [2.05, 4.69) is 25.9 Å². The highest BCUT2D eigenvalue weighted by atomic mass is 79.9. The van der Waals surface area contributed by atoms with Gasteiger partial charge in [0.1, 0.15) is 5.15 Å². The van der Waals surface area contributed by atoms with Crippen molar-refractivity contribution in [1.82, 2.24) is 14.4 Å². The molecular formula is C6H2BrCl2N3. The summed E-state index contributed by atoms with van der Waals surface area (Å²) in [6, 6.07) is 0. The van der Waals surface area contributed by atoms with Gasteiger partial charge in [-0.3, -0.25) is 4.40 Å². The standard InChI is InChI=1S/C6H2BrCl2N3/c7-3-1-11-6(9)12-4(8)2-10-5(3)12/h1-2H. The molecule has 0 saturated heterocycles. The van der Waals surface area contributed by atoms with Crippen molar-refractivity contribution in [3.8, 4) is 0 Å².